The molecule has 0 heterocycles. The standard InChI is InChI=1S/C54H37N/c1-2-14-38(15-3-1)39-28-30-40(31-29-39)41-32-34-45(35-33-41)55(46-20-12-19-43(36-46)48-26-13-18-42-16-4-6-21-47(42)48)54-27-11-10-25-52(54)53-37-44-17-5-7-22-49(44)50-23-8-9-24-51(50)53/h1-37H. The molecule has 0 aromatic heterocycles. The van der Waals surface area contributed by atoms with Gasteiger partial charge < -0.3 is 4.90 Å². The van der Waals surface area contributed by atoms with Gasteiger partial charge >= 0.3 is 0 Å². The third-order valence-electron chi connectivity index (χ3n) is 10.9. The van der Waals surface area contributed by atoms with Gasteiger partial charge in [-0.05, 0) is 108 Å². The third kappa shape index (κ3) is 6.02. The second-order valence-electron chi connectivity index (χ2n) is 14.1. The van der Waals surface area contributed by atoms with Gasteiger partial charge in [-0.25, -0.2) is 0 Å². The van der Waals surface area contributed by atoms with Crippen LogP contribution in [0.25, 0.3) is 76.8 Å². The van der Waals surface area contributed by atoms with Crippen LogP contribution in [-0.4, -0.2) is 0 Å². The number of fused-ring (bicyclic) bond motifs is 4. The van der Waals surface area contributed by atoms with Crippen molar-refractivity contribution in [3.8, 4) is 44.5 Å². The molecular weight excluding hydrogens is 663 g/mol. The number of benzene rings is 10. The van der Waals surface area contributed by atoms with Crippen molar-refractivity contribution < 1.29 is 0 Å². The first-order chi connectivity index (χ1) is 27.3. The van der Waals surface area contributed by atoms with E-state index < -0.39 is 0 Å². The molecule has 0 saturated heterocycles. The van der Waals surface area contributed by atoms with Crippen LogP contribution < -0.4 is 4.90 Å². The molecule has 1 nitrogen and oxygen atoms in total. The van der Waals surface area contributed by atoms with Crippen LogP contribution in [0, 0.1) is 0 Å². The third-order valence-corrected chi connectivity index (χ3v) is 10.9. The van der Waals surface area contributed by atoms with Crippen LogP contribution in [0.3, 0.4) is 0 Å². The monoisotopic (exact) mass is 699 g/mol. The molecule has 10 aromatic rings. The first kappa shape index (κ1) is 32.4. The molecule has 55 heavy (non-hydrogen) atoms. The molecule has 258 valence electrons. The Kier molecular flexibility index (Phi) is 8.24. The molecule has 0 atom stereocenters. The Bertz CT molecular complexity index is 2950. The zero-order chi connectivity index (χ0) is 36.6. The minimum Gasteiger partial charge on any atom is -0.310 e. The molecule has 10 rings (SSSR count). The molecule has 0 radical (unpaired) electrons. The van der Waals surface area contributed by atoms with E-state index in [1.54, 1.807) is 0 Å². The van der Waals surface area contributed by atoms with Crippen molar-refractivity contribution in [3.63, 3.8) is 0 Å². The topological polar surface area (TPSA) is 3.24 Å². The van der Waals surface area contributed by atoms with Gasteiger partial charge in [-0.2, -0.15) is 0 Å². The van der Waals surface area contributed by atoms with Gasteiger partial charge in [-0.15, -0.1) is 0 Å². The van der Waals surface area contributed by atoms with Gasteiger partial charge in [0.15, 0.2) is 0 Å². The van der Waals surface area contributed by atoms with E-state index in [2.05, 4.69) is 229 Å². The van der Waals surface area contributed by atoms with Crippen molar-refractivity contribution in [1.29, 1.82) is 0 Å². The van der Waals surface area contributed by atoms with E-state index in [4.69, 9.17) is 0 Å². The fourth-order valence-corrected chi connectivity index (χ4v) is 8.18. The molecule has 10 aromatic carbocycles. The molecule has 0 fully saturated rings. The first-order valence-corrected chi connectivity index (χ1v) is 18.9. The van der Waals surface area contributed by atoms with Crippen LogP contribution in [0.4, 0.5) is 17.1 Å². The molecule has 1 heteroatoms. The van der Waals surface area contributed by atoms with Gasteiger partial charge in [0, 0.05) is 16.9 Å². The summed E-state index contributed by atoms with van der Waals surface area (Å²) in [5.74, 6) is 0. The van der Waals surface area contributed by atoms with Crippen molar-refractivity contribution >= 4 is 49.4 Å². The summed E-state index contributed by atoms with van der Waals surface area (Å²) in [6, 6.07) is 81.5. The van der Waals surface area contributed by atoms with Crippen molar-refractivity contribution in [2.24, 2.45) is 0 Å². The molecule has 0 unspecified atom stereocenters. The second-order valence-corrected chi connectivity index (χ2v) is 14.1. The Morgan fingerprint density at radius 3 is 1.51 bits per heavy atom. The second kappa shape index (κ2) is 14.0. The van der Waals surface area contributed by atoms with Gasteiger partial charge in [0.25, 0.3) is 0 Å². The number of rotatable bonds is 7. The highest BCUT2D eigenvalue weighted by Gasteiger charge is 2.20. The summed E-state index contributed by atoms with van der Waals surface area (Å²) < 4.78 is 0. The maximum absolute atomic E-state index is 2.43. The fourth-order valence-electron chi connectivity index (χ4n) is 8.18. The lowest BCUT2D eigenvalue weighted by atomic mass is 9.92. The number of nitrogens with zero attached hydrogens (tertiary/aromatic N) is 1. The molecule has 0 bridgehead atoms. The van der Waals surface area contributed by atoms with E-state index in [1.807, 2.05) is 0 Å². The average molecular weight is 700 g/mol. The normalized spacial score (nSPS) is 11.3. The fraction of sp³-hybridized carbons (Fsp3) is 0. The molecule has 0 N–H and O–H groups in total. The minimum absolute atomic E-state index is 1.09. The van der Waals surface area contributed by atoms with Crippen LogP contribution in [0.1, 0.15) is 0 Å². The predicted molar refractivity (Wildman–Crippen MR) is 235 cm³/mol. The Labute approximate surface area is 322 Å². The largest absolute Gasteiger partial charge is 0.310 e. The highest BCUT2D eigenvalue weighted by Crippen LogP contribution is 2.45. The van der Waals surface area contributed by atoms with Gasteiger partial charge in [-0.3, -0.25) is 0 Å². The van der Waals surface area contributed by atoms with Gasteiger partial charge in [-0.1, -0.05) is 188 Å². The SMILES string of the molecule is c1ccc(-c2ccc(-c3ccc(N(c4cccc(-c5cccc6ccccc56)c4)c4ccccc4-c4cc5ccccc5c5ccccc45)cc3)cc2)cc1. The summed E-state index contributed by atoms with van der Waals surface area (Å²) >= 11 is 0. The number of hydrogen-bond acceptors (Lipinski definition) is 1. The first-order valence-electron chi connectivity index (χ1n) is 18.9. The number of para-hydroxylation sites is 1. The lowest BCUT2D eigenvalue weighted by molar-refractivity contribution is 1.28. The molecule has 0 aliphatic heterocycles. The summed E-state index contributed by atoms with van der Waals surface area (Å²) in [4.78, 5) is 2.43. The maximum Gasteiger partial charge on any atom is 0.0540 e. The molecule has 0 amide bonds. The highest BCUT2D eigenvalue weighted by atomic mass is 15.1. The number of hydrogen-bond donors (Lipinski definition) is 0. The van der Waals surface area contributed by atoms with Crippen LogP contribution in [-0.2, 0) is 0 Å². The van der Waals surface area contributed by atoms with E-state index >= 15 is 0 Å². The molecule has 0 aliphatic rings. The van der Waals surface area contributed by atoms with Crippen molar-refractivity contribution in [3.05, 3.63) is 224 Å². The molecule has 0 spiro atoms. The van der Waals surface area contributed by atoms with E-state index in [1.165, 1.54) is 76.8 Å². The van der Waals surface area contributed by atoms with Crippen molar-refractivity contribution in [2.45, 2.75) is 0 Å². The number of anilines is 3. The van der Waals surface area contributed by atoms with Crippen LogP contribution in [0.5, 0.6) is 0 Å². The Balaban J connectivity index is 1.14. The predicted octanol–water partition coefficient (Wildman–Crippen LogP) is 15.3. The van der Waals surface area contributed by atoms with Gasteiger partial charge in [0.1, 0.15) is 0 Å². The minimum atomic E-state index is 1.09. The summed E-state index contributed by atoms with van der Waals surface area (Å²) in [5, 5.41) is 7.50. The van der Waals surface area contributed by atoms with Crippen LogP contribution >= 0.6 is 0 Å². The molecular formula is C54H37N. The van der Waals surface area contributed by atoms with E-state index in [0.29, 0.717) is 0 Å². The highest BCUT2D eigenvalue weighted by molar-refractivity contribution is 6.15. The summed E-state index contributed by atoms with van der Waals surface area (Å²) in [7, 11) is 0. The van der Waals surface area contributed by atoms with E-state index in [-0.39, 0.29) is 0 Å². The Hall–Kier alpha value is -7.22. The van der Waals surface area contributed by atoms with Crippen molar-refractivity contribution in [2.75, 3.05) is 4.90 Å². The quantitative estimate of drug-likeness (QED) is 0.150. The Morgan fingerprint density at radius 2 is 0.745 bits per heavy atom. The zero-order valence-electron chi connectivity index (χ0n) is 30.3. The van der Waals surface area contributed by atoms with Crippen LogP contribution in [0.2, 0.25) is 0 Å². The van der Waals surface area contributed by atoms with Crippen molar-refractivity contribution in [1.82, 2.24) is 0 Å². The summed E-state index contributed by atoms with van der Waals surface area (Å²) in [6.45, 7) is 0. The van der Waals surface area contributed by atoms with E-state index in [0.717, 1.165) is 17.1 Å². The maximum atomic E-state index is 2.43. The van der Waals surface area contributed by atoms with Gasteiger partial charge in [0.2, 0.25) is 0 Å². The van der Waals surface area contributed by atoms with Gasteiger partial charge in [0.05, 0.1) is 5.69 Å². The molecule has 0 saturated carbocycles. The lowest BCUT2D eigenvalue weighted by Gasteiger charge is -2.29. The lowest BCUT2D eigenvalue weighted by Crippen LogP contribution is -2.11. The summed E-state index contributed by atoms with van der Waals surface area (Å²) in [6.07, 6.45) is 0. The average Bonchev–Trinajstić information content (AvgIpc) is 3.27. The van der Waals surface area contributed by atoms with Crippen LogP contribution in [0.15, 0.2) is 224 Å². The summed E-state index contributed by atoms with van der Waals surface area (Å²) in [5.41, 5.74) is 12.9. The molecule has 0 aliphatic carbocycles. The zero-order valence-corrected chi connectivity index (χ0v) is 30.3. The Morgan fingerprint density at radius 1 is 0.236 bits per heavy atom. The smallest absolute Gasteiger partial charge is 0.0540 e. The van der Waals surface area contributed by atoms with E-state index in [9.17, 15) is 0 Å².